The first-order chi connectivity index (χ1) is 18.6. The summed E-state index contributed by atoms with van der Waals surface area (Å²) in [5.41, 5.74) is 3.00. The fourth-order valence-corrected chi connectivity index (χ4v) is 7.56. The summed E-state index contributed by atoms with van der Waals surface area (Å²) in [5.74, 6) is -0.736. The monoisotopic (exact) mass is 557 g/mol. The third kappa shape index (κ3) is 5.36. The zero-order valence-corrected chi connectivity index (χ0v) is 23.8. The van der Waals surface area contributed by atoms with E-state index in [2.05, 4.69) is 10.6 Å². The zero-order chi connectivity index (χ0) is 27.9. The predicted molar refractivity (Wildman–Crippen MR) is 146 cm³/mol. The van der Waals surface area contributed by atoms with Crippen LogP contribution in [0.15, 0.2) is 35.5 Å². The molecule has 10 nitrogen and oxygen atoms in total. The lowest BCUT2D eigenvalue weighted by Crippen LogP contribution is -2.55. The van der Waals surface area contributed by atoms with Gasteiger partial charge in [0, 0.05) is 31.9 Å². The van der Waals surface area contributed by atoms with Gasteiger partial charge in [-0.25, -0.2) is 8.42 Å². The minimum Gasteiger partial charge on any atom is -0.343 e. The number of hydrogen-bond acceptors (Lipinski definition) is 6. The van der Waals surface area contributed by atoms with Crippen LogP contribution in [0.25, 0.3) is 0 Å². The van der Waals surface area contributed by atoms with Crippen LogP contribution < -0.4 is 10.6 Å². The van der Waals surface area contributed by atoms with Crippen LogP contribution in [-0.4, -0.2) is 84.8 Å². The lowest BCUT2D eigenvalue weighted by molar-refractivity contribution is -0.136. The maximum Gasteiger partial charge on any atom is 0.253 e. The molecule has 1 aromatic rings. The third-order valence-electron chi connectivity index (χ3n) is 8.79. The highest BCUT2D eigenvalue weighted by molar-refractivity contribution is 7.88. The maximum atomic E-state index is 14.2. The molecule has 39 heavy (non-hydrogen) atoms. The number of carbonyl (C=O) groups is 3. The van der Waals surface area contributed by atoms with Crippen LogP contribution in [-0.2, 0) is 37.5 Å². The molecule has 1 aliphatic carbocycles. The molecule has 0 aromatic heterocycles. The number of likely N-dealkylation sites (N-methyl/N-ethyl adjacent to an activating group) is 1. The van der Waals surface area contributed by atoms with Crippen molar-refractivity contribution in [1.29, 1.82) is 0 Å². The number of nitrogens with one attached hydrogen (secondary N) is 2. The summed E-state index contributed by atoms with van der Waals surface area (Å²) in [6.07, 6.45) is 6.36. The van der Waals surface area contributed by atoms with Crippen molar-refractivity contribution in [3.63, 3.8) is 0 Å². The van der Waals surface area contributed by atoms with Crippen LogP contribution in [0.3, 0.4) is 0 Å². The van der Waals surface area contributed by atoms with Crippen LogP contribution in [0.5, 0.6) is 0 Å². The summed E-state index contributed by atoms with van der Waals surface area (Å²) in [6, 6.07) is 6.13. The normalized spacial score (nSPS) is 23.5. The molecule has 5 rings (SSSR count). The second-order valence-electron chi connectivity index (χ2n) is 11.3. The average Bonchev–Trinajstić information content (AvgIpc) is 3.64. The lowest BCUT2D eigenvalue weighted by atomic mass is 9.83. The number of benzene rings is 1. The fraction of sp³-hybridized carbons (Fsp3) is 0.607. The minimum atomic E-state index is -3.62. The SMILES string of the molecule is CNC(C)C(=O)NC(C(=O)N1CCC2C1=C(C(=O)N1Cc3ccccc3C1)CN2S(C)(=O)=O)C1CCCCC1. The van der Waals surface area contributed by atoms with E-state index in [1.807, 2.05) is 24.3 Å². The minimum absolute atomic E-state index is 0.00134. The van der Waals surface area contributed by atoms with E-state index in [1.54, 1.807) is 23.8 Å². The van der Waals surface area contributed by atoms with Crippen molar-refractivity contribution in [3.05, 3.63) is 46.7 Å². The molecule has 3 aliphatic heterocycles. The number of nitrogens with zero attached hydrogens (tertiary/aromatic N) is 3. The second kappa shape index (κ2) is 11.0. The van der Waals surface area contributed by atoms with Crippen molar-refractivity contribution in [2.24, 2.45) is 5.92 Å². The molecule has 3 unspecified atom stereocenters. The van der Waals surface area contributed by atoms with E-state index in [9.17, 15) is 22.8 Å². The van der Waals surface area contributed by atoms with Gasteiger partial charge in [-0.15, -0.1) is 0 Å². The Morgan fingerprint density at radius 3 is 2.21 bits per heavy atom. The van der Waals surface area contributed by atoms with Crippen LogP contribution in [0.2, 0.25) is 0 Å². The van der Waals surface area contributed by atoms with Crippen molar-refractivity contribution >= 4 is 27.7 Å². The van der Waals surface area contributed by atoms with Crippen molar-refractivity contribution in [2.45, 2.75) is 76.7 Å². The summed E-state index contributed by atoms with van der Waals surface area (Å²) in [4.78, 5) is 44.4. The molecule has 0 radical (unpaired) electrons. The standard InChI is InChI=1S/C28H39N5O5S/c1-18(29-2)26(34)30-24(19-9-5-4-6-10-19)28(36)32-14-13-23-25(32)22(17-33(23)39(3,37)38)27(35)31-15-20-11-7-8-12-21(20)16-31/h7-8,11-12,18-19,23-24,29H,4-6,9-10,13-17H2,1-3H3,(H,30,34). The number of fused-ring (bicyclic) bond motifs is 2. The number of sulfonamides is 1. The Morgan fingerprint density at radius 2 is 1.62 bits per heavy atom. The van der Waals surface area contributed by atoms with Crippen molar-refractivity contribution < 1.29 is 22.8 Å². The summed E-state index contributed by atoms with van der Waals surface area (Å²) in [7, 11) is -1.92. The highest BCUT2D eigenvalue weighted by Gasteiger charge is 2.50. The Kier molecular flexibility index (Phi) is 7.85. The van der Waals surface area contributed by atoms with Crippen LogP contribution in [0.1, 0.15) is 56.6 Å². The van der Waals surface area contributed by atoms with Crippen LogP contribution in [0, 0.1) is 5.92 Å². The molecule has 3 heterocycles. The van der Waals surface area contributed by atoms with Crippen molar-refractivity contribution in [3.8, 4) is 0 Å². The van der Waals surface area contributed by atoms with Crippen molar-refractivity contribution in [2.75, 3.05) is 26.4 Å². The molecular formula is C28H39N5O5S. The van der Waals surface area contributed by atoms with Gasteiger partial charge in [0.2, 0.25) is 21.8 Å². The summed E-state index contributed by atoms with van der Waals surface area (Å²) in [6.45, 7) is 2.91. The summed E-state index contributed by atoms with van der Waals surface area (Å²) >= 11 is 0. The fourth-order valence-electron chi connectivity index (χ4n) is 6.53. The molecule has 212 valence electrons. The van der Waals surface area contributed by atoms with E-state index >= 15 is 0 Å². The second-order valence-corrected chi connectivity index (χ2v) is 13.2. The highest BCUT2D eigenvalue weighted by atomic mass is 32.2. The molecule has 11 heteroatoms. The van der Waals surface area contributed by atoms with E-state index in [4.69, 9.17) is 0 Å². The Labute approximate surface area is 230 Å². The molecule has 1 saturated carbocycles. The Morgan fingerprint density at radius 1 is 0.974 bits per heavy atom. The van der Waals surface area contributed by atoms with E-state index in [0.29, 0.717) is 37.3 Å². The van der Waals surface area contributed by atoms with Gasteiger partial charge in [0.15, 0.2) is 0 Å². The largest absolute Gasteiger partial charge is 0.343 e. The van der Waals surface area contributed by atoms with E-state index in [1.165, 1.54) is 4.31 Å². The van der Waals surface area contributed by atoms with Gasteiger partial charge < -0.3 is 20.4 Å². The van der Waals surface area contributed by atoms with Gasteiger partial charge in [0.25, 0.3) is 5.91 Å². The van der Waals surface area contributed by atoms with Gasteiger partial charge in [-0.1, -0.05) is 43.5 Å². The first-order valence-corrected chi connectivity index (χ1v) is 15.8. The molecule has 1 aromatic carbocycles. The molecule has 3 atom stereocenters. The zero-order valence-electron chi connectivity index (χ0n) is 23.0. The molecule has 2 fully saturated rings. The molecular weight excluding hydrogens is 518 g/mol. The summed E-state index contributed by atoms with van der Waals surface area (Å²) < 4.78 is 26.9. The number of likely N-dealkylation sites (tertiary alicyclic amines) is 1. The molecule has 0 bridgehead atoms. The van der Waals surface area contributed by atoms with Gasteiger partial charge in [-0.05, 0) is 50.3 Å². The van der Waals surface area contributed by atoms with Gasteiger partial charge in [0.05, 0.1) is 23.9 Å². The predicted octanol–water partition coefficient (Wildman–Crippen LogP) is 1.33. The van der Waals surface area contributed by atoms with Gasteiger partial charge >= 0.3 is 0 Å². The molecule has 1 saturated heterocycles. The van der Waals surface area contributed by atoms with Gasteiger partial charge in [-0.3, -0.25) is 14.4 Å². The molecule has 2 N–H and O–H groups in total. The maximum absolute atomic E-state index is 14.2. The van der Waals surface area contributed by atoms with Gasteiger partial charge in [0.1, 0.15) is 6.04 Å². The number of hydrogen-bond donors (Lipinski definition) is 2. The topological polar surface area (TPSA) is 119 Å². The Bertz CT molecular complexity index is 1260. The van der Waals surface area contributed by atoms with Gasteiger partial charge in [-0.2, -0.15) is 4.31 Å². The Hall–Kier alpha value is -2.76. The smallest absolute Gasteiger partial charge is 0.253 e. The first kappa shape index (κ1) is 27.8. The first-order valence-electron chi connectivity index (χ1n) is 13.9. The lowest BCUT2D eigenvalue weighted by Gasteiger charge is -2.34. The quantitative estimate of drug-likeness (QED) is 0.522. The highest BCUT2D eigenvalue weighted by Crippen LogP contribution is 2.40. The van der Waals surface area contributed by atoms with E-state index < -0.39 is 28.1 Å². The van der Waals surface area contributed by atoms with E-state index in [-0.39, 0.29) is 30.2 Å². The average molecular weight is 558 g/mol. The van der Waals surface area contributed by atoms with Crippen LogP contribution in [0.4, 0.5) is 0 Å². The molecule has 3 amide bonds. The van der Waals surface area contributed by atoms with E-state index in [0.717, 1.165) is 49.5 Å². The molecule has 4 aliphatic rings. The van der Waals surface area contributed by atoms with Crippen LogP contribution >= 0.6 is 0 Å². The van der Waals surface area contributed by atoms with Crippen molar-refractivity contribution in [1.82, 2.24) is 24.7 Å². The number of rotatable bonds is 7. The summed E-state index contributed by atoms with van der Waals surface area (Å²) in [5, 5.41) is 5.94. The number of amides is 3. The number of carbonyl (C=O) groups excluding carboxylic acids is 3. The molecule has 0 spiro atoms. The third-order valence-corrected chi connectivity index (χ3v) is 10.0. The Balaban J connectivity index is 1.48.